The Morgan fingerprint density at radius 3 is 2.56 bits per heavy atom. The average Bonchev–Trinajstić information content (AvgIpc) is 2.84. The van der Waals surface area contributed by atoms with Gasteiger partial charge < -0.3 is 5.73 Å². The van der Waals surface area contributed by atoms with Crippen LogP contribution in [0.2, 0.25) is 0 Å². The van der Waals surface area contributed by atoms with Crippen LogP contribution in [-0.2, 0) is 6.54 Å². The maximum absolute atomic E-state index is 5.53. The molecule has 0 bridgehead atoms. The van der Waals surface area contributed by atoms with Crippen LogP contribution in [0.5, 0.6) is 0 Å². The summed E-state index contributed by atoms with van der Waals surface area (Å²) in [5.41, 5.74) is 9.08. The van der Waals surface area contributed by atoms with Crippen molar-refractivity contribution in [3.05, 3.63) is 36.0 Å². The maximum Gasteiger partial charge on any atom is 0.0885 e. The first kappa shape index (κ1) is 12.8. The SMILES string of the molecule is CC(C)c1ccc(-c2cnnn2CCCN)cc1. The summed E-state index contributed by atoms with van der Waals surface area (Å²) in [6.45, 7) is 5.88. The van der Waals surface area contributed by atoms with Crippen LogP contribution < -0.4 is 5.73 Å². The largest absolute Gasteiger partial charge is 0.330 e. The number of nitrogens with zero attached hydrogens (tertiary/aromatic N) is 3. The molecule has 18 heavy (non-hydrogen) atoms. The fraction of sp³-hybridized carbons (Fsp3) is 0.429. The molecule has 96 valence electrons. The van der Waals surface area contributed by atoms with Gasteiger partial charge >= 0.3 is 0 Å². The Hall–Kier alpha value is -1.68. The zero-order chi connectivity index (χ0) is 13.0. The molecule has 0 aliphatic rings. The Balaban J connectivity index is 2.23. The summed E-state index contributed by atoms with van der Waals surface area (Å²) in [4.78, 5) is 0. The monoisotopic (exact) mass is 244 g/mol. The molecule has 2 rings (SSSR count). The number of hydrogen-bond acceptors (Lipinski definition) is 3. The highest BCUT2D eigenvalue weighted by Gasteiger charge is 2.07. The summed E-state index contributed by atoms with van der Waals surface area (Å²) in [5, 5.41) is 8.08. The van der Waals surface area contributed by atoms with Crippen molar-refractivity contribution in [2.45, 2.75) is 32.7 Å². The fourth-order valence-corrected chi connectivity index (χ4v) is 1.93. The highest BCUT2D eigenvalue weighted by atomic mass is 15.4. The molecule has 0 atom stereocenters. The van der Waals surface area contributed by atoms with Gasteiger partial charge in [0.25, 0.3) is 0 Å². The van der Waals surface area contributed by atoms with Gasteiger partial charge in [-0.05, 0) is 24.4 Å². The minimum absolute atomic E-state index is 0.555. The van der Waals surface area contributed by atoms with Gasteiger partial charge in [-0.15, -0.1) is 5.10 Å². The molecule has 4 nitrogen and oxygen atoms in total. The van der Waals surface area contributed by atoms with Crippen molar-refractivity contribution >= 4 is 0 Å². The van der Waals surface area contributed by atoms with Crippen LogP contribution in [0.3, 0.4) is 0 Å². The number of nitrogens with two attached hydrogens (primary N) is 1. The number of aryl methyl sites for hydroxylation is 1. The first-order chi connectivity index (χ1) is 8.72. The number of aromatic nitrogens is 3. The summed E-state index contributed by atoms with van der Waals surface area (Å²) in [6.07, 6.45) is 2.72. The first-order valence-corrected chi connectivity index (χ1v) is 6.41. The predicted octanol–water partition coefficient (Wildman–Crippen LogP) is 2.42. The third-order valence-corrected chi connectivity index (χ3v) is 3.06. The second kappa shape index (κ2) is 5.78. The molecule has 0 fully saturated rings. The second-order valence-corrected chi connectivity index (χ2v) is 4.76. The highest BCUT2D eigenvalue weighted by molar-refractivity contribution is 5.58. The van der Waals surface area contributed by atoms with Crippen molar-refractivity contribution in [3.63, 3.8) is 0 Å². The third-order valence-electron chi connectivity index (χ3n) is 3.06. The van der Waals surface area contributed by atoms with Crippen molar-refractivity contribution in [1.29, 1.82) is 0 Å². The van der Waals surface area contributed by atoms with Crippen molar-refractivity contribution in [1.82, 2.24) is 15.0 Å². The normalized spacial score (nSPS) is 11.1. The molecule has 0 saturated carbocycles. The highest BCUT2D eigenvalue weighted by Crippen LogP contribution is 2.21. The predicted molar refractivity (Wildman–Crippen MR) is 73.2 cm³/mol. The van der Waals surface area contributed by atoms with Crippen LogP contribution in [0, 0.1) is 0 Å². The van der Waals surface area contributed by atoms with Gasteiger partial charge in [-0.3, -0.25) is 0 Å². The van der Waals surface area contributed by atoms with Crippen LogP contribution in [0.1, 0.15) is 31.7 Å². The molecule has 2 N–H and O–H groups in total. The van der Waals surface area contributed by atoms with E-state index in [9.17, 15) is 0 Å². The molecule has 1 aromatic heterocycles. The zero-order valence-electron chi connectivity index (χ0n) is 11.0. The summed E-state index contributed by atoms with van der Waals surface area (Å²) in [7, 11) is 0. The second-order valence-electron chi connectivity index (χ2n) is 4.76. The van der Waals surface area contributed by atoms with Gasteiger partial charge in [0.1, 0.15) is 0 Å². The lowest BCUT2D eigenvalue weighted by atomic mass is 10.0. The van der Waals surface area contributed by atoms with Gasteiger partial charge in [0.2, 0.25) is 0 Å². The van der Waals surface area contributed by atoms with Crippen molar-refractivity contribution in [2.75, 3.05) is 6.54 Å². The summed E-state index contributed by atoms with van der Waals surface area (Å²) in [5.74, 6) is 0.555. The molecule has 4 heteroatoms. The van der Waals surface area contributed by atoms with Gasteiger partial charge in [-0.1, -0.05) is 43.3 Å². The summed E-state index contributed by atoms with van der Waals surface area (Å²) < 4.78 is 1.91. The number of hydrogen-bond donors (Lipinski definition) is 1. The summed E-state index contributed by atoms with van der Waals surface area (Å²) in [6, 6.07) is 8.60. The number of rotatable bonds is 5. The Kier molecular flexibility index (Phi) is 4.10. The van der Waals surface area contributed by atoms with Crippen LogP contribution in [-0.4, -0.2) is 21.5 Å². The zero-order valence-corrected chi connectivity index (χ0v) is 11.0. The van der Waals surface area contributed by atoms with Crippen LogP contribution in [0.15, 0.2) is 30.5 Å². The van der Waals surface area contributed by atoms with E-state index in [1.54, 1.807) is 6.20 Å². The standard InChI is InChI=1S/C14H20N4/c1-11(2)12-4-6-13(7-5-12)14-10-16-17-18(14)9-3-8-15/h4-7,10-11H,3,8-9,15H2,1-2H3. The first-order valence-electron chi connectivity index (χ1n) is 6.41. The van der Waals surface area contributed by atoms with E-state index < -0.39 is 0 Å². The molecule has 1 aromatic carbocycles. The maximum atomic E-state index is 5.53. The van der Waals surface area contributed by atoms with Crippen molar-refractivity contribution in [2.24, 2.45) is 5.73 Å². The molecular formula is C14H20N4. The molecule has 0 saturated heterocycles. The minimum atomic E-state index is 0.555. The van der Waals surface area contributed by atoms with Gasteiger partial charge in [-0.2, -0.15) is 0 Å². The summed E-state index contributed by atoms with van der Waals surface area (Å²) >= 11 is 0. The van der Waals surface area contributed by atoms with Crippen LogP contribution >= 0.6 is 0 Å². The quantitative estimate of drug-likeness (QED) is 0.878. The molecule has 0 unspecified atom stereocenters. The van der Waals surface area contributed by atoms with Gasteiger partial charge in [0.05, 0.1) is 11.9 Å². The van der Waals surface area contributed by atoms with E-state index in [0.717, 1.165) is 24.2 Å². The number of benzene rings is 1. The Labute approximate surface area is 108 Å². The molecule has 0 aliphatic carbocycles. The van der Waals surface area contributed by atoms with E-state index in [4.69, 9.17) is 5.73 Å². The molecule has 1 heterocycles. The topological polar surface area (TPSA) is 56.7 Å². The Bertz CT molecular complexity index is 485. The molecule has 0 radical (unpaired) electrons. The van der Waals surface area contributed by atoms with Crippen molar-refractivity contribution < 1.29 is 0 Å². The lowest BCUT2D eigenvalue weighted by molar-refractivity contribution is 0.569. The molecule has 2 aromatic rings. The van der Waals surface area contributed by atoms with E-state index in [2.05, 4.69) is 48.4 Å². The van der Waals surface area contributed by atoms with Crippen LogP contribution in [0.25, 0.3) is 11.3 Å². The lowest BCUT2D eigenvalue weighted by Gasteiger charge is -2.08. The Morgan fingerprint density at radius 2 is 1.94 bits per heavy atom. The lowest BCUT2D eigenvalue weighted by Crippen LogP contribution is -2.08. The molecule has 0 aliphatic heterocycles. The van der Waals surface area contributed by atoms with E-state index >= 15 is 0 Å². The fourth-order valence-electron chi connectivity index (χ4n) is 1.93. The third kappa shape index (κ3) is 2.76. The van der Waals surface area contributed by atoms with E-state index in [-0.39, 0.29) is 0 Å². The van der Waals surface area contributed by atoms with E-state index in [1.165, 1.54) is 5.56 Å². The van der Waals surface area contributed by atoms with Crippen molar-refractivity contribution in [3.8, 4) is 11.3 Å². The molecular weight excluding hydrogens is 224 g/mol. The van der Waals surface area contributed by atoms with Gasteiger partial charge in [0.15, 0.2) is 0 Å². The Morgan fingerprint density at radius 1 is 1.22 bits per heavy atom. The average molecular weight is 244 g/mol. The van der Waals surface area contributed by atoms with E-state index in [1.807, 2.05) is 4.68 Å². The molecule has 0 amide bonds. The van der Waals surface area contributed by atoms with E-state index in [0.29, 0.717) is 12.5 Å². The molecule has 0 spiro atoms. The van der Waals surface area contributed by atoms with Crippen LogP contribution in [0.4, 0.5) is 0 Å². The minimum Gasteiger partial charge on any atom is -0.330 e. The van der Waals surface area contributed by atoms with Gasteiger partial charge in [0, 0.05) is 12.1 Å². The smallest absolute Gasteiger partial charge is 0.0885 e. The van der Waals surface area contributed by atoms with Gasteiger partial charge in [-0.25, -0.2) is 4.68 Å².